The first-order valence-electron chi connectivity index (χ1n) is 8.53. The number of ketones is 1. The molecule has 1 saturated carbocycles. The maximum atomic E-state index is 13.3. The van der Waals surface area contributed by atoms with Crippen LogP contribution >= 0.6 is 15.9 Å². The summed E-state index contributed by atoms with van der Waals surface area (Å²) in [6.45, 7) is 8.00. The van der Waals surface area contributed by atoms with Gasteiger partial charge in [-0.05, 0) is 55.9 Å². The van der Waals surface area contributed by atoms with Crippen LogP contribution in [0, 0.1) is 17.3 Å². The highest BCUT2D eigenvalue weighted by atomic mass is 79.9. The zero-order chi connectivity index (χ0) is 18.4. The van der Waals surface area contributed by atoms with Gasteiger partial charge in [-0.25, -0.2) is 0 Å². The number of rotatable bonds is 3. The van der Waals surface area contributed by atoms with E-state index in [1.165, 1.54) is 7.11 Å². The lowest BCUT2D eigenvalue weighted by atomic mass is 9.42. The number of halogens is 1. The molecule has 3 nitrogen and oxygen atoms in total. The molecule has 25 heavy (non-hydrogen) atoms. The van der Waals surface area contributed by atoms with E-state index in [9.17, 15) is 9.59 Å². The molecule has 0 bridgehead atoms. The topological polar surface area (TPSA) is 43.4 Å². The normalized spacial score (nSPS) is 31.3. The Hall–Kier alpha value is -1.68. The van der Waals surface area contributed by atoms with E-state index in [2.05, 4.69) is 22.5 Å². The number of Topliss-reactive ketones (excluding diaryl/α,β-unsaturated/α-hetero) is 1. The van der Waals surface area contributed by atoms with Gasteiger partial charge in [0.05, 0.1) is 13.0 Å². The first-order valence-corrected chi connectivity index (χ1v) is 9.32. The molecule has 4 atom stereocenters. The van der Waals surface area contributed by atoms with Crippen molar-refractivity contribution < 1.29 is 14.3 Å². The van der Waals surface area contributed by atoms with Gasteiger partial charge in [0.2, 0.25) is 0 Å². The van der Waals surface area contributed by atoms with Gasteiger partial charge in [0.1, 0.15) is 0 Å². The predicted molar refractivity (Wildman–Crippen MR) is 101 cm³/mol. The first-order chi connectivity index (χ1) is 11.8. The lowest BCUT2D eigenvalue weighted by Gasteiger charge is -2.58. The van der Waals surface area contributed by atoms with E-state index in [1.807, 2.05) is 44.2 Å². The number of carbonyl (C=O) groups is 2. The molecule has 0 amide bonds. The first kappa shape index (κ1) is 18.1. The second kappa shape index (κ2) is 6.56. The second-order valence-corrected chi connectivity index (χ2v) is 8.17. The van der Waals surface area contributed by atoms with E-state index >= 15 is 0 Å². The molecule has 2 aliphatic rings. The molecular weight excluding hydrogens is 380 g/mol. The lowest BCUT2D eigenvalue weighted by molar-refractivity contribution is -0.164. The molecule has 1 aromatic rings. The quantitative estimate of drug-likeness (QED) is 0.537. The van der Waals surface area contributed by atoms with Gasteiger partial charge >= 0.3 is 5.97 Å². The summed E-state index contributed by atoms with van der Waals surface area (Å²) in [7, 11) is 1.41. The zero-order valence-corrected chi connectivity index (χ0v) is 16.4. The minimum absolute atomic E-state index is 0.0539. The smallest absolute Gasteiger partial charge is 0.309 e. The molecule has 0 saturated heterocycles. The van der Waals surface area contributed by atoms with Crippen LogP contribution in [0.5, 0.6) is 0 Å². The minimum atomic E-state index is -0.586. The van der Waals surface area contributed by atoms with Gasteiger partial charge in [0.15, 0.2) is 5.78 Å². The standard InChI is InChI=1S/C21H23BrO3/c1-12(2)17-10-5-13(3)19(23)21(17)11-16(20(24)25-4)18(21)14-6-8-15(22)9-7-14/h5-9,16-18H,1,10-11H2,2-4H3/t16-,17+,18-,21-/m1/s1. The second-order valence-electron chi connectivity index (χ2n) is 7.25. The average molecular weight is 403 g/mol. The largest absolute Gasteiger partial charge is 0.469 e. The lowest BCUT2D eigenvalue weighted by Crippen LogP contribution is -2.59. The molecule has 3 rings (SSSR count). The fourth-order valence-electron chi connectivity index (χ4n) is 4.73. The van der Waals surface area contributed by atoms with Gasteiger partial charge in [-0.1, -0.05) is 46.3 Å². The number of esters is 1. The average Bonchev–Trinajstić information content (AvgIpc) is 2.56. The fourth-order valence-corrected chi connectivity index (χ4v) is 5.00. The molecule has 132 valence electrons. The van der Waals surface area contributed by atoms with E-state index in [-0.39, 0.29) is 29.5 Å². The highest BCUT2D eigenvalue weighted by Gasteiger charge is 2.65. The Bertz CT molecular complexity index is 762. The number of ether oxygens (including phenoxy) is 1. The minimum Gasteiger partial charge on any atom is -0.469 e. The molecule has 1 spiro atoms. The van der Waals surface area contributed by atoms with Gasteiger partial charge in [-0.2, -0.15) is 0 Å². The van der Waals surface area contributed by atoms with E-state index in [0.29, 0.717) is 6.42 Å². The van der Waals surface area contributed by atoms with Crippen LogP contribution < -0.4 is 0 Å². The molecule has 0 heterocycles. The van der Waals surface area contributed by atoms with Crippen molar-refractivity contribution in [3.63, 3.8) is 0 Å². The molecule has 0 radical (unpaired) electrons. The summed E-state index contributed by atoms with van der Waals surface area (Å²) in [6, 6.07) is 7.92. The van der Waals surface area contributed by atoms with Gasteiger partial charge < -0.3 is 4.74 Å². The summed E-state index contributed by atoms with van der Waals surface area (Å²) in [5.74, 6) is -0.495. The summed E-state index contributed by atoms with van der Waals surface area (Å²) in [4.78, 5) is 25.6. The van der Waals surface area contributed by atoms with Gasteiger partial charge in [0, 0.05) is 15.8 Å². The summed E-state index contributed by atoms with van der Waals surface area (Å²) in [5, 5.41) is 0. The zero-order valence-electron chi connectivity index (χ0n) is 14.8. The number of methoxy groups -OCH3 is 1. The Kier molecular flexibility index (Phi) is 4.76. The van der Waals surface area contributed by atoms with Crippen LogP contribution in [0.3, 0.4) is 0 Å². The molecule has 0 unspecified atom stereocenters. The summed E-state index contributed by atoms with van der Waals surface area (Å²) < 4.78 is 6.00. The summed E-state index contributed by atoms with van der Waals surface area (Å²) in [6.07, 6.45) is 3.34. The molecular formula is C21H23BrO3. The molecule has 1 aromatic carbocycles. The van der Waals surface area contributed by atoms with Crippen molar-refractivity contribution >= 4 is 27.7 Å². The third-order valence-corrected chi connectivity index (χ3v) is 6.43. The highest BCUT2D eigenvalue weighted by Crippen LogP contribution is 2.65. The van der Waals surface area contributed by atoms with Crippen LogP contribution in [0.15, 0.2) is 52.5 Å². The van der Waals surface area contributed by atoms with Crippen molar-refractivity contribution in [1.29, 1.82) is 0 Å². The summed E-state index contributed by atoms with van der Waals surface area (Å²) >= 11 is 3.45. The molecule has 0 aromatic heterocycles. The fraction of sp³-hybridized carbons (Fsp3) is 0.429. The van der Waals surface area contributed by atoms with Crippen molar-refractivity contribution in [2.75, 3.05) is 7.11 Å². The van der Waals surface area contributed by atoms with E-state index in [0.717, 1.165) is 27.6 Å². The van der Waals surface area contributed by atoms with Crippen LogP contribution in [0.2, 0.25) is 0 Å². The van der Waals surface area contributed by atoms with Crippen molar-refractivity contribution in [2.24, 2.45) is 17.3 Å². The van der Waals surface area contributed by atoms with E-state index in [4.69, 9.17) is 4.74 Å². The van der Waals surface area contributed by atoms with Crippen LogP contribution in [0.4, 0.5) is 0 Å². The Morgan fingerprint density at radius 1 is 1.32 bits per heavy atom. The molecule has 4 heteroatoms. The van der Waals surface area contributed by atoms with Gasteiger partial charge in [-0.15, -0.1) is 0 Å². The van der Waals surface area contributed by atoms with Crippen molar-refractivity contribution in [3.8, 4) is 0 Å². The Morgan fingerprint density at radius 3 is 2.52 bits per heavy atom. The van der Waals surface area contributed by atoms with E-state index < -0.39 is 5.41 Å². The number of hydrogen-bond acceptors (Lipinski definition) is 3. The Labute approximate surface area is 157 Å². The predicted octanol–water partition coefficient (Wildman–Crippen LogP) is 4.82. The maximum Gasteiger partial charge on any atom is 0.309 e. The SMILES string of the molecule is C=C(C)[C@@H]1CC=C(C)C(=O)[C@]12C[C@@H](C(=O)OC)[C@H]2c1ccc(Br)cc1. The Morgan fingerprint density at radius 2 is 1.96 bits per heavy atom. The number of carbonyl (C=O) groups excluding carboxylic acids is 2. The Balaban J connectivity index is 2.13. The molecule has 1 fully saturated rings. The number of benzene rings is 1. The highest BCUT2D eigenvalue weighted by molar-refractivity contribution is 9.10. The molecule has 0 N–H and O–H groups in total. The van der Waals surface area contributed by atoms with Gasteiger partial charge in [-0.3, -0.25) is 9.59 Å². The number of allylic oxidation sites excluding steroid dienone is 3. The van der Waals surface area contributed by atoms with Crippen molar-refractivity contribution in [3.05, 3.63) is 58.1 Å². The van der Waals surface area contributed by atoms with Crippen LogP contribution in [-0.4, -0.2) is 18.9 Å². The van der Waals surface area contributed by atoms with Crippen LogP contribution in [-0.2, 0) is 14.3 Å². The van der Waals surface area contributed by atoms with Crippen molar-refractivity contribution in [2.45, 2.75) is 32.6 Å². The third-order valence-electron chi connectivity index (χ3n) is 5.91. The monoisotopic (exact) mass is 402 g/mol. The van der Waals surface area contributed by atoms with Crippen molar-refractivity contribution in [1.82, 2.24) is 0 Å². The maximum absolute atomic E-state index is 13.3. The summed E-state index contributed by atoms with van der Waals surface area (Å²) in [5.41, 5.74) is 2.22. The third kappa shape index (κ3) is 2.71. The van der Waals surface area contributed by atoms with Crippen LogP contribution in [0.1, 0.15) is 38.2 Å². The molecule has 2 aliphatic carbocycles. The molecule has 0 aliphatic heterocycles. The van der Waals surface area contributed by atoms with Crippen LogP contribution in [0.25, 0.3) is 0 Å². The van der Waals surface area contributed by atoms with Gasteiger partial charge in [0.25, 0.3) is 0 Å². The number of hydrogen-bond donors (Lipinski definition) is 0. The van der Waals surface area contributed by atoms with E-state index in [1.54, 1.807) is 0 Å².